The number of rotatable bonds is 5. The minimum absolute atomic E-state index is 0.0784. The average molecular weight is 336 g/mol. The lowest BCUT2D eigenvalue weighted by Gasteiger charge is -2.37. The molecule has 0 aromatic heterocycles. The van der Waals surface area contributed by atoms with E-state index in [1.165, 1.54) is 6.08 Å². The second-order valence-electron chi connectivity index (χ2n) is 5.91. The van der Waals surface area contributed by atoms with Crippen molar-refractivity contribution in [3.8, 4) is 16.9 Å². The number of ether oxygens (including phenoxy) is 1. The van der Waals surface area contributed by atoms with Crippen LogP contribution >= 0.6 is 0 Å². The van der Waals surface area contributed by atoms with Gasteiger partial charge >= 0.3 is 0 Å². The Labute approximate surface area is 146 Å². The van der Waals surface area contributed by atoms with Crippen molar-refractivity contribution in [2.45, 2.75) is 0 Å². The summed E-state index contributed by atoms with van der Waals surface area (Å²) in [5.41, 5.74) is 2.65. The number of hydrogen-bond donors (Lipinski definition) is 1. The predicted octanol–water partition coefficient (Wildman–Crippen LogP) is 2.95. The van der Waals surface area contributed by atoms with Gasteiger partial charge in [-0.3, -0.25) is 9.59 Å². The molecule has 0 saturated carbocycles. The minimum Gasteiger partial charge on any atom is -0.496 e. The number of carbonyl (C=O) groups excluding carboxylic acids is 2. The first-order valence-corrected chi connectivity index (χ1v) is 8.08. The Balaban J connectivity index is 1.69. The van der Waals surface area contributed by atoms with Crippen molar-refractivity contribution in [1.82, 2.24) is 4.90 Å². The molecule has 0 spiro atoms. The smallest absolute Gasteiger partial charge is 0.246 e. The van der Waals surface area contributed by atoms with Gasteiger partial charge in [-0.15, -0.1) is 0 Å². The highest BCUT2D eigenvalue weighted by Gasteiger charge is 2.34. The summed E-state index contributed by atoms with van der Waals surface area (Å²) in [4.78, 5) is 25.4. The van der Waals surface area contributed by atoms with E-state index in [0.29, 0.717) is 13.1 Å². The molecule has 0 aliphatic carbocycles. The Morgan fingerprint density at radius 3 is 2.68 bits per heavy atom. The largest absolute Gasteiger partial charge is 0.496 e. The molecule has 0 atom stereocenters. The van der Waals surface area contributed by atoms with Crippen LogP contribution in [0.1, 0.15) is 0 Å². The predicted molar refractivity (Wildman–Crippen MR) is 97.3 cm³/mol. The first-order valence-electron chi connectivity index (χ1n) is 8.08. The lowest BCUT2D eigenvalue weighted by atomic mass is 9.98. The molecule has 25 heavy (non-hydrogen) atoms. The van der Waals surface area contributed by atoms with Gasteiger partial charge in [-0.2, -0.15) is 0 Å². The molecule has 2 amide bonds. The van der Waals surface area contributed by atoms with Crippen LogP contribution < -0.4 is 10.1 Å². The number of benzene rings is 2. The molecule has 1 N–H and O–H groups in total. The summed E-state index contributed by atoms with van der Waals surface area (Å²) in [7, 11) is 1.64. The Morgan fingerprint density at radius 1 is 1.20 bits per heavy atom. The number of nitrogens with one attached hydrogen (secondary N) is 1. The van der Waals surface area contributed by atoms with Crippen molar-refractivity contribution in [1.29, 1.82) is 0 Å². The van der Waals surface area contributed by atoms with Crippen LogP contribution in [0.25, 0.3) is 11.1 Å². The summed E-state index contributed by atoms with van der Waals surface area (Å²) < 4.78 is 5.40. The summed E-state index contributed by atoms with van der Waals surface area (Å²) in [5.74, 6) is 0.384. The van der Waals surface area contributed by atoms with Crippen LogP contribution in [0.2, 0.25) is 0 Å². The van der Waals surface area contributed by atoms with Gasteiger partial charge in [0.15, 0.2) is 0 Å². The molecule has 128 valence electrons. The molecule has 3 rings (SSSR count). The van der Waals surface area contributed by atoms with E-state index in [4.69, 9.17) is 4.74 Å². The molecule has 0 unspecified atom stereocenters. The number of nitrogens with zero attached hydrogens (tertiary/aromatic N) is 1. The Kier molecular flexibility index (Phi) is 4.84. The summed E-state index contributed by atoms with van der Waals surface area (Å²) in [6.45, 7) is 4.32. The van der Waals surface area contributed by atoms with Crippen molar-refractivity contribution in [2.75, 3.05) is 25.5 Å². The molecular formula is C20H20N2O3. The third-order valence-electron chi connectivity index (χ3n) is 4.29. The normalized spacial score (nSPS) is 13.7. The number of para-hydroxylation sites is 1. The van der Waals surface area contributed by atoms with Gasteiger partial charge in [-0.25, -0.2) is 0 Å². The molecule has 2 aromatic carbocycles. The van der Waals surface area contributed by atoms with Gasteiger partial charge < -0.3 is 15.0 Å². The van der Waals surface area contributed by atoms with E-state index >= 15 is 0 Å². The van der Waals surface area contributed by atoms with Crippen LogP contribution in [0.15, 0.2) is 61.2 Å². The maximum Gasteiger partial charge on any atom is 0.246 e. The third kappa shape index (κ3) is 3.55. The number of likely N-dealkylation sites (tertiary alicyclic amines) is 1. The molecule has 5 nitrogen and oxygen atoms in total. The van der Waals surface area contributed by atoms with E-state index < -0.39 is 0 Å². The van der Waals surface area contributed by atoms with Crippen molar-refractivity contribution in [3.63, 3.8) is 0 Å². The molecule has 1 aliphatic rings. The van der Waals surface area contributed by atoms with Gasteiger partial charge in [0.05, 0.1) is 13.0 Å². The second kappa shape index (κ2) is 7.21. The van der Waals surface area contributed by atoms with Crippen LogP contribution in [-0.2, 0) is 9.59 Å². The molecule has 0 radical (unpaired) electrons. The SMILES string of the molecule is C=CC(=O)N1CC(C(=O)Nc2cccc(-c3ccccc3OC)c2)C1. The number of anilines is 1. The van der Waals surface area contributed by atoms with Crippen LogP contribution in [0, 0.1) is 5.92 Å². The summed E-state index contributed by atoms with van der Waals surface area (Å²) in [6.07, 6.45) is 1.27. The maximum atomic E-state index is 12.3. The monoisotopic (exact) mass is 336 g/mol. The van der Waals surface area contributed by atoms with E-state index in [2.05, 4.69) is 11.9 Å². The van der Waals surface area contributed by atoms with Crippen LogP contribution in [-0.4, -0.2) is 36.9 Å². The van der Waals surface area contributed by atoms with Crippen molar-refractivity contribution >= 4 is 17.5 Å². The molecule has 5 heteroatoms. The average Bonchev–Trinajstić information content (AvgIpc) is 2.60. The van der Waals surface area contributed by atoms with E-state index in [1.807, 2.05) is 48.5 Å². The van der Waals surface area contributed by atoms with Gasteiger partial charge in [-0.1, -0.05) is 36.9 Å². The molecule has 1 heterocycles. The number of amides is 2. The summed E-state index contributed by atoms with van der Waals surface area (Å²) in [6, 6.07) is 15.4. The van der Waals surface area contributed by atoms with Gasteiger partial charge in [0.25, 0.3) is 0 Å². The van der Waals surface area contributed by atoms with E-state index in [-0.39, 0.29) is 17.7 Å². The quantitative estimate of drug-likeness (QED) is 0.854. The summed E-state index contributed by atoms with van der Waals surface area (Å²) in [5, 5.41) is 2.93. The first kappa shape index (κ1) is 16.8. The zero-order valence-electron chi connectivity index (χ0n) is 14.1. The Hall–Kier alpha value is -3.08. The van der Waals surface area contributed by atoms with Crippen molar-refractivity contribution in [2.24, 2.45) is 5.92 Å². The first-order chi connectivity index (χ1) is 12.1. The zero-order chi connectivity index (χ0) is 17.8. The molecule has 0 bridgehead atoms. The van der Waals surface area contributed by atoms with Gasteiger partial charge in [0.1, 0.15) is 5.75 Å². The fraction of sp³-hybridized carbons (Fsp3) is 0.200. The van der Waals surface area contributed by atoms with Crippen LogP contribution in [0.5, 0.6) is 5.75 Å². The highest BCUT2D eigenvalue weighted by Crippen LogP contribution is 2.31. The zero-order valence-corrected chi connectivity index (χ0v) is 14.1. The van der Waals surface area contributed by atoms with E-state index in [1.54, 1.807) is 12.0 Å². The summed E-state index contributed by atoms with van der Waals surface area (Å²) >= 11 is 0. The topological polar surface area (TPSA) is 58.6 Å². The van der Waals surface area contributed by atoms with Gasteiger partial charge in [-0.05, 0) is 29.8 Å². The van der Waals surface area contributed by atoms with Gasteiger partial charge in [0, 0.05) is 24.3 Å². The standard InChI is InChI=1S/C20H20N2O3/c1-3-19(23)22-12-15(13-22)20(24)21-16-8-6-7-14(11-16)17-9-4-5-10-18(17)25-2/h3-11,15H,1,12-13H2,2H3,(H,21,24). The van der Waals surface area contributed by atoms with Crippen molar-refractivity contribution < 1.29 is 14.3 Å². The van der Waals surface area contributed by atoms with E-state index in [0.717, 1.165) is 22.6 Å². The molecular weight excluding hydrogens is 316 g/mol. The highest BCUT2D eigenvalue weighted by atomic mass is 16.5. The lowest BCUT2D eigenvalue weighted by Crippen LogP contribution is -2.53. The highest BCUT2D eigenvalue weighted by molar-refractivity contribution is 5.96. The Bertz CT molecular complexity index is 810. The molecule has 1 fully saturated rings. The van der Waals surface area contributed by atoms with Crippen LogP contribution in [0.4, 0.5) is 5.69 Å². The second-order valence-corrected chi connectivity index (χ2v) is 5.91. The third-order valence-corrected chi connectivity index (χ3v) is 4.29. The molecule has 2 aromatic rings. The van der Waals surface area contributed by atoms with Crippen molar-refractivity contribution in [3.05, 3.63) is 61.2 Å². The van der Waals surface area contributed by atoms with E-state index in [9.17, 15) is 9.59 Å². The lowest BCUT2D eigenvalue weighted by molar-refractivity contribution is -0.137. The number of hydrogen-bond acceptors (Lipinski definition) is 3. The minimum atomic E-state index is -0.182. The maximum absolute atomic E-state index is 12.3. The number of carbonyl (C=O) groups is 2. The van der Waals surface area contributed by atoms with Gasteiger partial charge in [0.2, 0.25) is 11.8 Å². The molecule has 1 aliphatic heterocycles. The van der Waals surface area contributed by atoms with Crippen LogP contribution in [0.3, 0.4) is 0 Å². The Morgan fingerprint density at radius 2 is 1.96 bits per heavy atom. The fourth-order valence-electron chi connectivity index (χ4n) is 2.85. The molecule has 1 saturated heterocycles. The number of methoxy groups -OCH3 is 1. The fourth-order valence-corrected chi connectivity index (χ4v) is 2.85.